The molecule has 0 aromatic heterocycles. The van der Waals surface area contributed by atoms with Gasteiger partial charge in [0.15, 0.2) is 0 Å². The van der Waals surface area contributed by atoms with Crippen LogP contribution in [-0.4, -0.2) is 0 Å². The molecule has 0 spiro atoms. The molecule has 0 heterocycles. The molecule has 2 rings (SSSR count). The maximum Gasteiger partial charge on any atom is 0.142 e. The Labute approximate surface area is 134 Å². The zero-order chi connectivity index (χ0) is 15.6. The van der Waals surface area contributed by atoms with E-state index in [4.69, 9.17) is 28.9 Å². The molecule has 0 aliphatic carbocycles. The van der Waals surface area contributed by atoms with E-state index in [2.05, 4.69) is 6.92 Å². The van der Waals surface area contributed by atoms with Crippen LogP contribution in [0.1, 0.15) is 37.0 Å². The van der Waals surface area contributed by atoms with Crippen LogP contribution in [-0.2, 0) is 12.0 Å². The molecule has 112 valence electrons. The standard InChI is InChI=1S/C17H18Cl2FN/c1-3-4-11-5-7-12(8-6-11)17(2,21)13-9-16(20)15(19)10-14(13)18/h5-10H,3-4,21H2,1-2H3. The summed E-state index contributed by atoms with van der Waals surface area (Å²) in [6.45, 7) is 3.95. The predicted molar refractivity (Wildman–Crippen MR) is 87.5 cm³/mol. The van der Waals surface area contributed by atoms with Gasteiger partial charge in [-0.2, -0.15) is 0 Å². The fourth-order valence-corrected chi connectivity index (χ4v) is 2.96. The molecule has 0 fully saturated rings. The second kappa shape index (κ2) is 6.35. The lowest BCUT2D eigenvalue weighted by molar-refractivity contribution is 0.582. The molecule has 0 radical (unpaired) electrons. The third kappa shape index (κ3) is 3.39. The Morgan fingerprint density at radius 2 is 1.71 bits per heavy atom. The Morgan fingerprint density at radius 3 is 2.29 bits per heavy atom. The molecule has 1 nitrogen and oxygen atoms in total. The van der Waals surface area contributed by atoms with Gasteiger partial charge in [-0.1, -0.05) is 60.8 Å². The smallest absolute Gasteiger partial charge is 0.142 e. The first kappa shape index (κ1) is 16.3. The van der Waals surface area contributed by atoms with E-state index in [-0.39, 0.29) is 5.02 Å². The highest BCUT2D eigenvalue weighted by Crippen LogP contribution is 2.34. The third-order valence-corrected chi connectivity index (χ3v) is 4.26. The van der Waals surface area contributed by atoms with Crippen LogP contribution >= 0.6 is 23.2 Å². The van der Waals surface area contributed by atoms with Crippen LogP contribution in [0.3, 0.4) is 0 Å². The van der Waals surface area contributed by atoms with E-state index < -0.39 is 11.4 Å². The van der Waals surface area contributed by atoms with Crippen LogP contribution in [0.15, 0.2) is 36.4 Å². The SMILES string of the molecule is CCCc1ccc(C(C)(N)c2cc(F)c(Cl)cc2Cl)cc1. The van der Waals surface area contributed by atoms with E-state index >= 15 is 0 Å². The summed E-state index contributed by atoms with van der Waals surface area (Å²) in [5.41, 5.74) is 8.19. The molecule has 2 N–H and O–H groups in total. The number of hydrogen-bond acceptors (Lipinski definition) is 1. The highest BCUT2D eigenvalue weighted by atomic mass is 35.5. The Morgan fingerprint density at radius 1 is 1.10 bits per heavy atom. The Bertz CT molecular complexity index is 636. The first-order valence-electron chi connectivity index (χ1n) is 6.89. The molecular formula is C17H18Cl2FN. The van der Waals surface area contributed by atoms with Crippen molar-refractivity contribution in [3.05, 3.63) is 69.0 Å². The maximum atomic E-state index is 13.7. The summed E-state index contributed by atoms with van der Waals surface area (Å²) in [5, 5.41) is 0.363. The minimum absolute atomic E-state index is 0.00200. The van der Waals surface area contributed by atoms with Crippen LogP contribution in [0.2, 0.25) is 10.0 Å². The quantitative estimate of drug-likeness (QED) is 0.757. The summed E-state index contributed by atoms with van der Waals surface area (Å²) in [5.74, 6) is -0.518. The average molecular weight is 326 g/mol. The lowest BCUT2D eigenvalue weighted by Gasteiger charge is -2.27. The van der Waals surface area contributed by atoms with Crippen LogP contribution in [0.25, 0.3) is 0 Å². The topological polar surface area (TPSA) is 26.0 Å². The van der Waals surface area contributed by atoms with Crippen molar-refractivity contribution in [2.24, 2.45) is 5.73 Å². The van der Waals surface area contributed by atoms with Crippen LogP contribution in [0.4, 0.5) is 4.39 Å². The Hall–Kier alpha value is -1.09. The lowest BCUT2D eigenvalue weighted by atomic mass is 9.85. The van der Waals surface area contributed by atoms with Gasteiger partial charge in [0.25, 0.3) is 0 Å². The van der Waals surface area contributed by atoms with Gasteiger partial charge in [0.2, 0.25) is 0 Å². The molecule has 0 saturated heterocycles. The minimum atomic E-state index is -0.882. The van der Waals surface area contributed by atoms with E-state index in [1.54, 1.807) is 0 Å². The van der Waals surface area contributed by atoms with Crippen molar-refractivity contribution in [1.82, 2.24) is 0 Å². The van der Waals surface area contributed by atoms with E-state index in [1.165, 1.54) is 17.7 Å². The van der Waals surface area contributed by atoms with Crippen LogP contribution in [0.5, 0.6) is 0 Å². The normalized spacial score (nSPS) is 14.0. The van der Waals surface area contributed by atoms with Crippen LogP contribution < -0.4 is 5.73 Å². The van der Waals surface area contributed by atoms with E-state index in [0.717, 1.165) is 18.4 Å². The van der Waals surface area contributed by atoms with Crippen molar-refractivity contribution in [2.75, 3.05) is 0 Å². The molecule has 1 unspecified atom stereocenters. The molecule has 4 heteroatoms. The highest BCUT2D eigenvalue weighted by molar-refractivity contribution is 6.35. The molecule has 2 aromatic rings. The second-order valence-corrected chi connectivity index (χ2v) is 6.21. The largest absolute Gasteiger partial charge is 0.318 e. The minimum Gasteiger partial charge on any atom is -0.318 e. The third-order valence-electron chi connectivity index (χ3n) is 3.66. The predicted octanol–water partition coefficient (Wildman–Crippen LogP) is 5.31. The zero-order valence-electron chi connectivity index (χ0n) is 12.1. The lowest BCUT2D eigenvalue weighted by Crippen LogP contribution is -2.34. The summed E-state index contributed by atoms with van der Waals surface area (Å²) in [6.07, 6.45) is 2.12. The number of benzene rings is 2. The summed E-state index contributed by atoms with van der Waals surface area (Å²) in [4.78, 5) is 0. The number of aryl methyl sites for hydroxylation is 1. The first-order chi connectivity index (χ1) is 9.86. The zero-order valence-corrected chi connectivity index (χ0v) is 13.6. The summed E-state index contributed by atoms with van der Waals surface area (Å²) in [6, 6.07) is 10.7. The van der Waals surface area contributed by atoms with Gasteiger partial charge in [-0.25, -0.2) is 4.39 Å². The maximum absolute atomic E-state index is 13.7. The van der Waals surface area contributed by atoms with Crippen molar-refractivity contribution in [2.45, 2.75) is 32.2 Å². The van der Waals surface area contributed by atoms with Gasteiger partial charge >= 0.3 is 0 Å². The van der Waals surface area contributed by atoms with Gasteiger partial charge < -0.3 is 5.73 Å². The molecule has 0 aliphatic heterocycles. The second-order valence-electron chi connectivity index (χ2n) is 5.40. The van der Waals surface area contributed by atoms with E-state index in [9.17, 15) is 4.39 Å². The Balaban J connectivity index is 2.43. The molecule has 21 heavy (non-hydrogen) atoms. The van der Waals surface area contributed by atoms with Gasteiger partial charge in [-0.3, -0.25) is 0 Å². The van der Waals surface area contributed by atoms with Crippen molar-refractivity contribution in [3.63, 3.8) is 0 Å². The molecule has 0 aliphatic rings. The molecule has 1 atom stereocenters. The van der Waals surface area contributed by atoms with Gasteiger partial charge in [0.05, 0.1) is 10.6 Å². The van der Waals surface area contributed by atoms with E-state index in [1.807, 2.05) is 31.2 Å². The van der Waals surface area contributed by atoms with Crippen molar-refractivity contribution >= 4 is 23.2 Å². The van der Waals surface area contributed by atoms with Gasteiger partial charge in [0, 0.05) is 5.02 Å². The fraction of sp³-hybridized carbons (Fsp3) is 0.294. The van der Waals surface area contributed by atoms with Crippen LogP contribution in [0, 0.1) is 5.82 Å². The summed E-state index contributed by atoms with van der Waals surface area (Å²) in [7, 11) is 0. The Kier molecular flexibility index (Phi) is 4.92. The van der Waals surface area contributed by atoms with Gasteiger partial charge in [0.1, 0.15) is 5.82 Å². The van der Waals surface area contributed by atoms with Gasteiger partial charge in [-0.15, -0.1) is 0 Å². The highest BCUT2D eigenvalue weighted by Gasteiger charge is 2.27. The number of rotatable bonds is 4. The molecule has 0 bridgehead atoms. The van der Waals surface area contributed by atoms with Crippen molar-refractivity contribution in [1.29, 1.82) is 0 Å². The monoisotopic (exact) mass is 325 g/mol. The summed E-state index contributed by atoms with van der Waals surface area (Å²) < 4.78 is 13.7. The molecule has 0 saturated carbocycles. The first-order valence-corrected chi connectivity index (χ1v) is 7.65. The van der Waals surface area contributed by atoms with E-state index in [0.29, 0.717) is 10.6 Å². The number of hydrogen-bond donors (Lipinski definition) is 1. The number of halogens is 3. The molecule has 2 aromatic carbocycles. The van der Waals surface area contributed by atoms with Gasteiger partial charge in [-0.05, 0) is 42.2 Å². The molecule has 0 amide bonds. The van der Waals surface area contributed by atoms with Crippen molar-refractivity contribution in [3.8, 4) is 0 Å². The fourth-order valence-electron chi connectivity index (χ4n) is 2.38. The summed E-state index contributed by atoms with van der Waals surface area (Å²) >= 11 is 11.9. The number of nitrogens with two attached hydrogens (primary N) is 1. The average Bonchev–Trinajstić information content (AvgIpc) is 2.43. The molecular weight excluding hydrogens is 308 g/mol. The van der Waals surface area contributed by atoms with Crippen molar-refractivity contribution < 1.29 is 4.39 Å².